The number of hydrogen-bond donors (Lipinski definition) is 2. The molecule has 0 amide bonds. The molecule has 0 saturated heterocycles. The smallest absolute Gasteiger partial charge is 0.423 e. The molecule has 4 aromatic rings. The Hall–Kier alpha value is -2.56. The van der Waals surface area contributed by atoms with Gasteiger partial charge in [-0.25, -0.2) is 0 Å². The van der Waals surface area contributed by atoms with E-state index in [1.54, 1.807) is 12.1 Å². The van der Waals surface area contributed by atoms with E-state index in [1.807, 2.05) is 12.1 Å². The van der Waals surface area contributed by atoms with Crippen molar-refractivity contribution in [1.82, 2.24) is 4.57 Å². The third kappa shape index (κ3) is 3.55. The summed E-state index contributed by atoms with van der Waals surface area (Å²) in [6, 6.07) is 20.9. The summed E-state index contributed by atoms with van der Waals surface area (Å²) >= 11 is 0. The van der Waals surface area contributed by atoms with E-state index >= 15 is 0 Å². The van der Waals surface area contributed by atoms with E-state index in [-0.39, 0.29) is 10.8 Å². The molecule has 2 N–H and O–H groups in total. The van der Waals surface area contributed by atoms with Crippen LogP contribution in [0.3, 0.4) is 0 Å². The molecule has 0 atom stereocenters. The fourth-order valence-corrected chi connectivity index (χ4v) is 4.03. The van der Waals surface area contributed by atoms with Gasteiger partial charge in [-0.1, -0.05) is 65.8 Å². The second-order valence-electron chi connectivity index (χ2n) is 10.3. The average Bonchev–Trinajstić information content (AvgIpc) is 2.99. The van der Waals surface area contributed by atoms with Crippen LogP contribution in [-0.4, -0.2) is 21.7 Å². The SMILES string of the molecule is CC(C)(C)c1ccc2c(c1)c1cc(C(C)(C)C)ccc1n2-c1ccc(B(O)O)cc1. The van der Waals surface area contributed by atoms with Crippen LogP contribution in [0.5, 0.6) is 0 Å². The number of hydrogen-bond acceptors (Lipinski definition) is 2. The molecule has 0 aliphatic rings. The summed E-state index contributed by atoms with van der Waals surface area (Å²) in [4.78, 5) is 0. The van der Waals surface area contributed by atoms with Crippen molar-refractivity contribution in [3.63, 3.8) is 0 Å². The van der Waals surface area contributed by atoms with Crippen molar-refractivity contribution >= 4 is 34.4 Å². The lowest BCUT2D eigenvalue weighted by atomic mass is 9.80. The molecule has 0 aliphatic heterocycles. The fourth-order valence-electron chi connectivity index (χ4n) is 4.03. The molecule has 3 aromatic carbocycles. The van der Waals surface area contributed by atoms with Crippen LogP contribution in [0.25, 0.3) is 27.5 Å². The van der Waals surface area contributed by atoms with Gasteiger partial charge < -0.3 is 14.6 Å². The highest BCUT2D eigenvalue weighted by molar-refractivity contribution is 6.58. The first-order chi connectivity index (χ1) is 14.0. The molecule has 154 valence electrons. The lowest BCUT2D eigenvalue weighted by Gasteiger charge is -2.19. The molecule has 3 nitrogen and oxygen atoms in total. The lowest BCUT2D eigenvalue weighted by Crippen LogP contribution is -2.29. The summed E-state index contributed by atoms with van der Waals surface area (Å²) < 4.78 is 2.26. The van der Waals surface area contributed by atoms with Crippen molar-refractivity contribution < 1.29 is 10.0 Å². The van der Waals surface area contributed by atoms with Crippen LogP contribution < -0.4 is 5.46 Å². The minimum atomic E-state index is -1.46. The summed E-state index contributed by atoms with van der Waals surface area (Å²) in [5.41, 5.74) is 6.58. The molecular weight excluding hydrogens is 369 g/mol. The number of rotatable bonds is 2. The van der Waals surface area contributed by atoms with Crippen LogP contribution in [0.2, 0.25) is 0 Å². The van der Waals surface area contributed by atoms with Crippen LogP contribution in [-0.2, 0) is 10.8 Å². The van der Waals surface area contributed by atoms with E-state index in [1.165, 1.54) is 21.9 Å². The van der Waals surface area contributed by atoms with E-state index in [0.717, 1.165) is 16.7 Å². The first-order valence-corrected chi connectivity index (χ1v) is 10.5. The predicted octanol–water partition coefficient (Wildman–Crippen LogP) is 5.06. The Labute approximate surface area is 179 Å². The molecule has 4 heteroatoms. The fraction of sp³-hybridized carbons (Fsp3) is 0.308. The molecule has 1 aromatic heterocycles. The van der Waals surface area contributed by atoms with Gasteiger partial charge in [-0.15, -0.1) is 0 Å². The normalized spacial score (nSPS) is 12.7. The molecule has 0 fully saturated rings. The first-order valence-electron chi connectivity index (χ1n) is 10.5. The number of fused-ring (bicyclic) bond motifs is 3. The molecule has 0 spiro atoms. The highest BCUT2D eigenvalue weighted by Gasteiger charge is 2.21. The van der Waals surface area contributed by atoms with E-state index in [2.05, 4.69) is 82.5 Å². The van der Waals surface area contributed by atoms with Crippen LogP contribution in [0, 0.1) is 0 Å². The molecule has 0 aliphatic carbocycles. The standard InChI is InChI=1S/C26H30BNO2/c1-25(2,3)17-7-13-23-21(15-17)22-16-18(26(4,5)6)8-14-24(22)28(23)20-11-9-19(10-12-20)27(29)30/h7-16,29-30H,1-6H3. The van der Waals surface area contributed by atoms with Gasteiger partial charge in [0.05, 0.1) is 11.0 Å². The van der Waals surface area contributed by atoms with Gasteiger partial charge in [0.2, 0.25) is 0 Å². The third-order valence-electron chi connectivity index (χ3n) is 5.95. The van der Waals surface area contributed by atoms with Gasteiger partial charge >= 0.3 is 7.12 Å². The second kappa shape index (κ2) is 7.00. The monoisotopic (exact) mass is 399 g/mol. The molecule has 30 heavy (non-hydrogen) atoms. The Kier molecular flexibility index (Phi) is 4.83. The van der Waals surface area contributed by atoms with Gasteiger partial charge in [0.1, 0.15) is 0 Å². The Morgan fingerprint density at radius 3 is 1.43 bits per heavy atom. The van der Waals surface area contributed by atoms with Crippen LogP contribution in [0.4, 0.5) is 0 Å². The van der Waals surface area contributed by atoms with Crippen molar-refractivity contribution in [3.8, 4) is 5.69 Å². The zero-order valence-electron chi connectivity index (χ0n) is 18.7. The Morgan fingerprint density at radius 1 is 0.633 bits per heavy atom. The van der Waals surface area contributed by atoms with Gasteiger partial charge in [-0.05, 0) is 63.8 Å². The highest BCUT2D eigenvalue weighted by Crippen LogP contribution is 2.37. The molecule has 4 rings (SSSR count). The molecular formula is C26H30BNO2. The number of nitrogens with zero attached hydrogens (tertiary/aromatic N) is 1. The maximum Gasteiger partial charge on any atom is 0.488 e. The van der Waals surface area contributed by atoms with Crippen molar-refractivity contribution in [3.05, 3.63) is 71.8 Å². The van der Waals surface area contributed by atoms with Gasteiger partial charge in [-0.2, -0.15) is 0 Å². The zero-order chi connectivity index (χ0) is 21.8. The van der Waals surface area contributed by atoms with Crippen molar-refractivity contribution in [2.24, 2.45) is 0 Å². The van der Waals surface area contributed by atoms with Gasteiger partial charge in [-0.3, -0.25) is 0 Å². The van der Waals surface area contributed by atoms with Gasteiger partial charge in [0.15, 0.2) is 0 Å². The maximum atomic E-state index is 9.45. The van der Waals surface area contributed by atoms with E-state index in [0.29, 0.717) is 5.46 Å². The van der Waals surface area contributed by atoms with Crippen molar-refractivity contribution in [2.45, 2.75) is 52.4 Å². The van der Waals surface area contributed by atoms with Crippen LogP contribution in [0.15, 0.2) is 60.7 Å². The van der Waals surface area contributed by atoms with Crippen LogP contribution >= 0.6 is 0 Å². The second-order valence-corrected chi connectivity index (χ2v) is 10.3. The number of benzene rings is 3. The summed E-state index contributed by atoms with van der Waals surface area (Å²) in [7, 11) is -1.46. The first kappa shape index (κ1) is 20.7. The largest absolute Gasteiger partial charge is 0.488 e. The molecule has 0 bridgehead atoms. The Bertz CT molecular complexity index is 1150. The molecule has 0 radical (unpaired) electrons. The highest BCUT2D eigenvalue weighted by atomic mass is 16.4. The maximum absolute atomic E-state index is 9.45. The minimum Gasteiger partial charge on any atom is -0.423 e. The summed E-state index contributed by atoms with van der Waals surface area (Å²) in [6.07, 6.45) is 0. The van der Waals surface area contributed by atoms with Gasteiger partial charge in [0.25, 0.3) is 0 Å². The molecule has 0 saturated carbocycles. The molecule has 0 unspecified atom stereocenters. The Morgan fingerprint density at radius 2 is 1.07 bits per heavy atom. The minimum absolute atomic E-state index is 0.0726. The number of aromatic nitrogens is 1. The van der Waals surface area contributed by atoms with Crippen molar-refractivity contribution in [1.29, 1.82) is 0 Å². The summed E-state index contributed by atoms with van der Waals surface area (Å²) in [5.74, 6) is 0. The summed E-state index contributed by atoms with van der Waals surface area (Å²) in [6.45, 7) is 13.5. The van der Waals surface area contributed by atoms with E-state index in [4.69, 9.17) is 0 Å². The van der Waals surface area contributed by atoms with Crippen LogP contribution in [0.1, 0.15) is 52.7 Å². The topological polar surface area (TPSA) is 45.4 Å². The van der Waals surface area contributed by atoms with E-state index < -0.39 is 7.12 Å². The molecule has 1 heterocycles. The Balaban J connectivity index is 2.05. The quantitative estimate of drug-likeness (QED) is 0.463. The van der Waals surface area contributed by atoms with E-state index in [9.17, 15) is 10.0 Å². The third-order valence-corrected chi connectivity index (χ3v) is 5.95. The van der Waals surface area contributed by atoms with Gasteiger partial charge in [0, 0.05) is 16.5 Å². The predicted molar refractivity (Wildman–Crippen MR) is 128 cm³/mol. The average molecular weight is 399 g/mol. The van der Waals surface area contributed by atoms with Crippen molar-refractivity contribution in [2.75, 3.05) is 0 Å². The lowest BCUT2D eigenvalue weighted by molar-refractivity contribution is 0.426. The summed E-state index contributed by atoms with van der Waals surface area (Å²) in [5, 5.41) is 21.4. The zero-order valence-corrected chi connectivity index (χ0v) is 18.7.